The van der Waals surface area contributed by atoms with Crippen LogP contribution >= 0.6 is 0 Å². The standard InChI is InChI=1S/C14H15N5O2/c1-21-14-17-13(18-19-14)16-12(20)7-6-9-8-15-11-5-3-2-4-10(9)11/h2-5,8,15H,6-7H2,1H3,(H2,16,17,18,19,20). The third-order valence-corrected chi connectivity index (χ3v) is 3.20. The first-order valence-electron chi connectivity index (χ1n) is 6.57. The lowest BCUT2D eigenvalue weighted by Gasteiger charge is -2.01. The molecule has 3 aromatic rings. The molecule has 0 unspecified atom stereocenters. The number of nitrogens with one attached hydrogen (secondary N) is 3. The molecule has 0 saturated carbocycles. The first-order valence-corrected chi connectivity index (χ1v) is 6.57. The second kappa shape index (κ2) is 5.66. The van der Waals surface area contributed by atoms with Gasteiger partial charge in [-0.05, 0) is 18.1 Å². The van der Waals surface area contributed by atoms with Gasteiger partial charge < -0.3 is 9.72 Å². The Balaban J connectivity index is 1.60. The highest BCUT2D eigenvalue weighted by Gasteiger charge is 2.09. The molecule has 1 aromatic carbocycles. The fraction of sp³-hybridized carbons (Fsp3) is 0.214. The van der Waals surface area contributed by atoms with Crippen molar-refractivity contribution in [1.29, 1.82) is 0 Å². The molecule has 0 aliphatic carbocycles. The van der Waals surface area contributed by atoms with Crippen molar-refractivity contribution in [2.75, 3.05) is 12.4 Å². The van der Waals surface area contributed by atoms with Crippen molar-refractivity contribution >= 4 is 22.8 Å². The lowest BCUT2D eigenvalue weighted by Crippen LogP contribution is -2.13. The van der Waals surface area contributed by atoms with Crippen LogP contribution in [0.1, 0.15) is 12.0 Å². The van der Waals surface area contributed by atoms with Crippen LogP contribution in [0.25, 0.3) is 10.9 Å². The van der Waals surface area contributed by atoms with Crippen LogP contribution in [0.2, 0.25) is 0 Å². The summed E-state index contributed by atoms with van der Waals surface area (Å²) in [5, 5.41) is 10.1. The van der Waals surface area contributed by atoms with Gasteiger partial charge in [-0.3, -0.25) is 10.1 Å². The number of ether oxygens (including phenoxy) is 1. The third-order valence-electron chi connectivity index (χ3n) is 3.20. The van der Waals surface area contributed by atoms with E-state index >= 15 is 0 Å². The van der Waals surface area contributed by atoms with E-state index in [1.807, 2.05) is 30.5 Å². The fourth-order valence-electron chi connectivity index (χ4n) is 2.17. The predicted molar refractivity (Wildman–Crippen MR) is 78.2 cm³/mol. The maximum absolute atomic E-state index is 11.9. The molecule has 7 nitrogen and oxygen atoms in total. The van der Waals surface area contributed by atoms with Crippen molar-refractivity contribution in [3.63, 3.8) is 0 Å². The van der Waals surface area contributed by atoms with E-state index in [4.69, 9.17) is 4.74 Å². The van der Waals surface area contributed by atoms with Crippen LogP contribution in [0.15, 0.2) is 30.5 Å². The number of fused-ring (bicyclic) bond motifs is 1. The van der Waals surface area contributed by atoms with Gasteiger partial charge in [-0.15, -0.1) is 5.10 Å². The number of nitrogens with zero attached hydrogens (tertiary/aromatic N) is 2. The number of benzene rings is 1. The second-order valence-corrected chi connectivity index (χ2v) is 4.58. The number of aromatic amines is 2. The third kappa shape index (κ3) is 2.86. The normalized spacial score (nSPS) is 10.7. The molecule has 0 spiro atoms. The van der Waals surface area contributed by atoms with Gasteiger partial charge >= 0.3 is 6.01 Å². The molecular formula is C14H15N5O2. The number of para-hydroxylation sites is 1. The van der Waals surface area contributed by atoms with E-state index in [0.29, 0.717) is 12.8 Å². The summed E-state index contributed by atoms with van der Waals surface area (Å²) in [5.74, 6) is 0.162. The summed E-state index contributed by atoms with van der Waals surface area (Å²) in [6.07, 6.45) is 2.96. The van der Waals surface area contributed by atoms with E-state index in [1.165, 1.54) is 7.11 Å². The quantitative estimate of drug-likeness (QED) is 0.666. The maximum Gasteiger partial charge on any atom is 0.336 e. The minimum atomic E-state index is -0.126. The number of rotatable bonds is 5. The Hall–Kier alpha value is -2.83. The van der Waals surface area contributed by atoms with Crippen molar-refractivity contribution in [2.24, 2.45) is 0 Å². The average molecular weight is 285 g/mol. The number of carbonyl (C=O) groups excluding carboxylic acids is 1. The molecule has 21 heavy (non-hydrogen) atoms. The number of amides is 1. The maximum atomic E-state index is 11.9. The van der Waals surface area contributed by atoms with E-state index in [9.17, 15) is 4.79 Å². The smallest absolute Gasteiger partial charge is 0.336 e. The zero-order chi connectivity index (χ0) is 14.7. The lowest BCUT2D eigenvalue weighted by molar-refractivity contribution is -0.116. The highest BCUT2D eigenvalue weighted by Crippen LogP contribution is 2.19. The van der Waals surface area contributed by atoms with E-state index < -0.39 is 0 Å². The van der Waals surface area contributed by atoms with Gasteiger partial charge in [0.05, 0.1) is 7.11 Å². The SMILES string of the molecule is COc1n[nH]c(NC(=O)CCc2c[nH]c3ccccc23)n1. The summed E-state index contributed by atoms with van der Waals surface area (Å²) < 4.78 is 4.83. The van der Waals surface area contributed by atoms with Gasteiger partial charge in [0.15, 0.2) is 0 Å². The highest BCUT2D eigenvalue weighted by molar-refractivity contribution is 5.90. The number of carbonyl (C=O) groups is 1. The molecule has 1 amide bonds. The van der Waals surface area contributed by atoms with E-state index in [0.717, 1.165) is 16.5 Å². The average Bonchev–Trinajstić information content (AvgIpc) is 3.11. The molecule has 0 radical (unpaired) electrons. The number of hydrogen-bond acceptors (Lipinski definition) is 4. The lowest BCUT2D eigenvalue weighted by atomic mass is 10.1. The Labute approximate surface area is 120 Å². The largest absolute Gasteiger partial charge is 0.466 e. The molecule has 0 bridgehead atoms. The Kier molecular flexibility index (Phi) is 3.55. The van der Waals surface area contributed by atoms with E-state index in [1.54, 1.807) is 0 Å². The highest BCUT2D eigenvalue weighted by atomic mass is 16.5. The summed E-state index contributed by atoms with van der Waals surface area (Å²) in [6.45, 7) is 0. The fourth-order valence-corrected chi connectivity index (χ4v) is 2.17. The van der Waals surface area contributed by atoms with E-state index in [2.05, 4.69) is 25.5 Å². The van der Waals surface area contributed by atoms with Crippen LogP contribution < -0.4 is 10.1 Å². The molecule has 0 atom stereocenters. The minimum absolute atomic E-state index is 0.126. The molecule has 108 valence electrons. The Morgan fingerprint density at radius 1 is 1.38 bits per heavy atom. The Bertz CT molecular complexity index is 761. The van der Waals surface area contributed by atoms with Crippen LogP contribution in [0.3, 0.4) is 0 Å². The summed E-state index contributed by atoms with van der Waals surface area (Å²) >= 11 is 0. The molecular weight excluding hydrogens is 270 g/mol. The number of H-pyrrole nitrogens is 2. The molecule has 0 aliphatic rings. The van der Waals surface area contributed by atoms with Crippen LogP contribution in [0, 0.1) is 0 Å². The van der Waals surface area contributed by atoms with Crippen LogP contribution in [-0.4, -0.2) is 33.2 Å². The second-order valence-electron chi connectivity index (χ2n) is 4.58. The van der Waals surface area contributed by atoms with Gasteiger partial charge in [0.25, 0.3) is 0 Å². The van der Waals surface area contributed by atoms with Crippen molar-refractivity contribution in [3.8, 4) is 6.01 Å². The van der Waals surface area contributed by atoms with Gasteiger partial charge in [-0.25, -0.2) is 5.10 Å². The summed E-state index contributed by atoms with van der Waals surface area (Å²) in [7, 11) is 1.46. The summed E-state index contributed by atoms with van der Waals surface area (Å²) in [5.41, 5.74) is 2.20. The summed E-state index contributed by atoms with van der Waals surface area (Å²) in [6, 6.07) is 8.22. The van der Waals surface area contributed by atoms with Crippen molar-refractivity contribution in [1.82, 2.24) is 20.2 Å². The van der Waals surface area contributed by atoms with Gasteiger partial charge in [0.1, 0.15) is 0 Å². The number of aromatic nitrogens is 4. The molecule has 3 rings (SSSR count). The molecule has 7 heteroatoms. The first-order chi connectivity index (χ1) is 10.3. The first kappa shape index (κ1) is 13.2. The van der Waals surface area contributed by atoms with E-state index in [-0.39, 0.29) is 17.9 Å². The van der Waals surface area contributed by atoms with Gasteiger partial charge in [-0.1, -0.05) is 18.2 Å². The zero-order valence-corrected chi connectivity index (χ0v) is 11.5. The van der Waals surface area contributed by atoms with Gasteiger partial charge in [-0.2, -0.15) is 4.98 Å². The minimum Gasteiger partial charge on any atom is -0.466 e. The van der Waals surface area contributed by atoms with Gasteiger partial charge in [0, 0.05) is 23.5 Å². The van der Waals surface area contributed by atoms with Crippen LogP contribution in [0.4, 0.5) is 5.95 Å². The molecule has 0 saturated heterocycles. The molecule has 2 heterocycles. The van der Waals surface area contributed by atoms with Gasteiger partial charge in [0.2, 0.25) is 11.9 Å². The Morgan fingerprint density at radius 3 is 3.05 bits per heavy atom. The molecule has 0 aliphatic heterocycles. The van der Waals surface area contributed by atoms with Crippen molar-refractivity contribution in [3.05, 3.63) is 36.0 Å². The zero-order valence-electron chi connectivity index (χ0n) is 11.5. The number of anilines is 1. The topological polar surface area (TPSA) is 95.7 Å². The number of methoxy groups -OCH3 is 1. The predicted octanol–water partition coefficient (Wildman–Crippen LogP) is 1.87. The summed E-state index contributed by atoms with van der Waals surface area (Å²) in [4.78, 5) is 19.0. The number of aryl methyl sites for hydroxylation is 1. The van der Waals surface area contributed by atoms with Crippen molar-refractivity contribution < 1.29 is 9.53 Å². The Morgan fingerprint density at radius 2 is 2.24 bits per heavy atom. The van der Waals surface area contributed by atoms with Crippen LogP contribution in [-0.2, 0) is 11.2 Å². The monoisotopic (exact) mass is 285 g/mol. The molecule has 3 N–H and O–H groups in total. The van der Waals surface area contributed by atoms with Crippen LogP contribution in [0.5, 0.6) is 6.01 Å². The number of hydrogen-bond donors (Lipinski definition) is 3. The van der Waals surface area contributed by atoms with Crippen molar-refractivity contribution in [2.45, 2.75) is 12.8 Å². The molecule has 0 fully saturated rings. The molecule has 2 aromatic heterocycles.